The van der Waals surface area contributed by atoms with Crippen LogP contribution in [0.2, 0.25) is 0 Å². The van der Waals surface area contributed by atoms with Crippen LogP contribution in [0.3, 0.4) is 0 Å². The number of rotatable bonds is 3. The van der Waals surface area contributed by atoms with E-state index in [9.17, 15) is 0 Å². The summed E-state index contributed by atoms with van der Waals surface area (Å²) in [6, 6.07) is 1.91. The molecule has 1 aliphatic rings. The fourth-order valence-corrected chi connectivity index (χ4v) is 1.79. The number of hydrogen-bond acceptors (Lipinski definition) is 4. The molecule has 1 atom stereocenters. The molecule has 1 aliphatic heterocycles. The molecule has 4 heteroatoms. The summed E-state index contributed by atoms with van der Waals surface area (Å²) in [6.45, 7) is 3.89. The molecule has 1 aromatic heterocycles. The average molecular weight is 181 g/mol. The second-order valence-electron chi connectivity index (χ2n) is 3.60. The van der Waals surface area contributed by atoms with E-state index in [2.05, 4.69) is 10.1 Å². The average Bonchev–Trinajstić information content (AvgIpc) is 2.76. The van der Waals surface area contributed by atoms with Gasteiger partial charge in [-0.25, -0.2) is 0 Å². The van der Waals surface area contributed by atoms with Crippen molar-refractivity contribution in [1.29, 1.82) is 0 Å². The van der Waals surface area contributed by atoms with Gasteiger partial charge in [-0.1, -0.05) is 5.16 Å². The van der Waals surface area contributed by atoms with Crippen molar-refractivity contribution in [3.63, 3.8) is 0 Å². The summed E-state index contributed by atoms with van der Waals surface area (Å²) in [5.74, 6) is 1.61. The fourth-order valence-electron chi connectivity index (χ4n) is 1.79. The Hall–Kier alpha value is -0.870. The molecule has 1 fully saturated rings. The topological polar surface area (TPSA) is 55.3 Å². The molecule has 4 nitrogen and oxygen atoms in total. The van der Waals surface area contributed by atoms with E-state index in [1.165, 1.54) is 6.42 Å². The third-order valence-corrected chi connectivity index (χ3v) is 2.57. The van der Waals surface area contributed by atoms with E-state index in [-0.39, 0.29) is 0 Å². The number of likely N-dealkylation sites (tertiary alicyclic amines) is 1. The lowest BCUT2D eigenvalue weighted by Crippen LogP contribution is -2.22. The molecule has 1 saturated heterocycles. The zero-order chi connectivity index (χ0) is 9.10. The predicted octanol–water partition coefficient (Wildman–Crippen LogP) is 0.455. The fraction of sp³-hybridized carbons (Fsp3) is 0.667. The van der Waals surface area contributed by atoms with Gasteiger partial charge in [0.1, 0.15) is 0 Å². The van der Waals surface area contributed by atoms with Gasteiger partial charge in [0.25, 0.3) is 0 Å². The maximum absolute atomic E-state index is 5.61. The maximum Gasteiger partial charge on any atom is 0.150 e. The molecule has 2 rings (SSSR count). The Balaban J connectivity index is 1.84. The molecule has 13 heavy (non-hydrogen) atoms. The number of aromatic nitrogens is 1. The maximum atomic E-state index is 5.61. The second kappa shape index (κ2) is 3.89. The minimum absolute atomic E-state index is 0.669. The third-order valence-electron chi connectivity index (χ3n) is 2.57. The lowest BCUT2D eigenvalue weighted by molar-refractivity contribution is 0.266. The van der Waals surface area contributed by atoms with Gasteiger partial charge in [-0.05, 0) is 25.4 Å². The largest absolute Gasteiger partial charge is 0.360 e. The van der Waals surface area contributed by atoms with Gasteiger partial charge in [-0.2, -0.15) is 0 Å². The first kappa shape index (κ1) is 8.72. The summed E-state index contributed by atoms with van der Waals surface area (Å²) in [7, 11) is 0. The molecular formula is C9H15N3O. The third kappa shape index (κ3) is 2.08. The Morgan fingerprint density at radius 1 is 1.69 bits per heavy atom. The highest BCUT2D eigenvalue weighted by Crippen LogP contribution is 2.17. The summed E-state index contributed by atoms with van der Waals surface area (Å²) >= 11 is 0. The Bertz CT molecular complexity index is 247. The van der Waals surface area contributed by atoms with Crippen molar-refractivity contribution in [3.05, 3.63) is 18.0 Å². The van der Waals surface area contributed by atoms with E-state index < -0.39 is 0 Å². The molecule has 1 aromatic rings. The first-order valence-corrected chi connectivity index (χ1v) is 4.70. The summed E-state index contributed by atoms with van der Waals surface area (Å²) < 4.78 is 5.04. The molecule has 0 amide bonds. The summed E-state index contributed by atoms with van der Waals surface area (Å²) in [5, 5.41) is 3.68. The molecule has 0 saturated carbocycles. The molecule has 1 unspecified atom stereocenters. The predicted molar refractivity (Wildman–Crippen MR) is 48.9 cm³/mol. The van der Waals surface area contributed by atoms with Crippen LogP contribution in [0.4, 0.5) is 0 Å². The Labute approximate surface area is 77.7 Å². The molecule has 0 spiro atoms. The normalized spacial score (nSPS) is 23.9. The smallest absolute Gasteiger partial charge is 0.150 e. The van der Waals surface area contributed by atoms with Crippen molar-refractivity contribution < 1.29 is 4.52 Å². The lowest BCUT2D eigenvalue weighted by Gasteiger charge is -2.12. The highest BCUT2D eigenvalue weighted by molar-refractivity contribution is 4.93. The second-order valence-corrected chi connectivity index (χ2v) is 3.60. The van der Waals surface area contributed by atoms with Crippen molar-refractivity contribution in [2.75, 3.05) is 19.6 Å². The molecule has 0 aliphatic carbocycles. The number of nitrogens with two attached hydrogens (primary N) is 1. The summed E-state index contributed by atoms with van der Waals surface area (Å²) in [4.78, 5) is 2.36. The molecular weight excluding hydrogens is 166 g/mol. The van der Waals surface area contributed by atoms with Gasteiger partial charge in [0.05, 0.1) is 12.7 Å². The molecule has 2 heterocycles. The van der Waals surface area contributed by atoms with E-state index in [1.54, 1.807) is 6.20 Å². The molecule has 72 valence electrons. The summed E-state index contributed by atoms with van der Waals surface area (Å²) in [5.41, 5.74) is 5.61. The van der Waals surface area contributed by atoms with Gasteiger partial charge >= 0.3 is 0 Å². The van der Waals surface area contributed by atoms with E-state index in [0.717, 1.165) is 31.9 Å². The van der Waals surface area contributed by atoms with Crippen molar-refractivity contribution >= 4 is 0 Å². The summed E-state index contributed by atoms with van der Waals surface area (Å²) in [6.07, 6.45) is 2.90. The Morgan fingerprint density at radius 2 is 2.62 bits per heavy atom. The van der Waals surface area contributed by atoms with Crippen LogP contribution in [-0.2, 0) is 6.54 Å². The highest BCUT2D eigenvalue weighted by Gasteiger charge is 2.21. The van der Waals surface area contributed by atoms with Crippen molar-refractivity contribution in [2.45, 2.75) is 13.0 Å². The Kier molecular flexibility index (Phi) is 2.61. The van der Waals surface area contributed by atoms with Crippen LogP contribution < -0.4 is 5.73 Å². The van der Waals surface area contributed by atoms with Gasteiger partial charge in [0.2, 0.25) is 0 Å². The van der Waals surface area contributed by atoms with Crippen LogP contribution in [0.5, 0.6) is 0 Å². The van der Waals surface area contributed by atoms with Gasteiger partial charge in [-0.3, -0.25) is 4.90 Å². The zero-order valence-corrected chi connectivity index (χ0v) is 7.65. The van der Waals surface area contributed by atoms with Crippen LogP contribution in [0, 0.1) is 5.92 Å². The first-order chi connectivity index (χ1) is 6.38. The van der Waals surface area contributed by atoms with Crippen LogP contribution in [0.15, 0.2) is 16.8 Å². The van der Waals surface area contributed by atoms with E-state index in [4.69, 9.17) is 10.3 Å². The molecule has 2 N–H and O–H groups in total. The minimum Gasteiger partial charge on any atom is -0.360 e. The standard InChI is InChI=1S/C9H15N3O/c10-5-8-2-4-12(6-8)7-9-1-3-11-13-9/h1,3,8H,2,4-7,10H2. The van der Waals surface area contributed by atoms with Crippen molar-refractivity contribution in [2.24, 2.45) is 11.7 Å². The molecule has 0 aromatic carbocycles. The van der Waals surface area contributed by atoms with Crippen molar-refractivity contribution in [3.8, 4) is 0 Å². The first-order valence-electron chi connectivity index (χ1n) is 4.70. The van der Waals surface area contributed by atoms with Gasteiger partial charge in [0.15, 0.2) is 5.76 Å². The van der Waals surface area contributed by atoms with Gasteiger partial charge in [-0.15, -0.1) is 0 Å². The van der Waals surface area contributed by atoms with Crippen LogP contribution in [0.1, 0.15) is 12.2 Å². The lowest BCUT2D eigenvalue weighted by atomic mass is 10.1. The van der Waals surface area contributed by atoms with Crippen molar-refractivity contribution in [1.82, 2.24) is 10.1 Å². The van der Waals surface area contributed by atoms with E-state index in [1.807, 2.05) is 6.07 Å². The SMILES string of the molecule is NCC1CCN(Cc2ccno2)C1. The van der Waals surface area contributed by atoms with E-state index in [0.29, 0.717) is 5.92 Å². The van der Waals surface area contributed by atoms with Crippen LogP contribution in [0.25, 0.3) is 0 Å². The van der Waals surface area contributed by atoms with Crippen LogP contribution in [-0.4, -0.2) is 29.7 Å². The van der Waals surface area contributed by atoms with E-state index >= 15 is 0 Å². The quantitative estimate of drug-likeness (QED) is 0.735. The monoisotopic (exact) mass is 181 g/mol. The van der Waals surface area contributed by atoms with Gasteiger partial charge in [0, 0.05) is 12.6 Å². The molecule has 0 bridgehead atoms. The zero-order valence-electron chi connectivity index (χ0n) is 7.65. The number of hydrogen-bond donors (Lipinski definition) is 1. The number of nitrogens with zero attached hydrogens (tertiary/aromatic N) is 2. The minimum atomic E-state index is 0.669. The van der Waals surface area contributed by atoms with Crippen LogP contribution >= 0.6 is 0 Å². The van der Waals surface area contributed by atoms with Gasteiger partial charge < -0.3 is 10.3 Å². The molecule has 0 radical (unpaired) electrons. The highest BCUT2D eigenvalue weighted by atomic mass is 16.5. The Morgan fingerprint density at radius 3 is 3.23 bits per heavy atom.